The molecule has 0 saturated carbocycles. The number of ether oxygens (including phenoxy) is 3. The summed E-state index contributed by atoms with van der Waals surface area (Å²) in [6, 6.07) is 7.65. The van der Waals surface area contributed by atoms with Crippen molar-refractivity contribution in [2.75, 3.05) is 26.4 Å². The summed E-state index contributed by atoms with van der Waals surface area (Å²) in [5.74, 6) is 1.51. The summed E-state index contributed by atoms with van der Waals surface area (Å²) >= 11 is 0. The minimum Gasteiger partial charge on any atom is -0.490 e. The Morgan fingerprint density at radius 3 is 2.33 bits per heavy atom. The van der Waals surface area contributed by atoms with Crippen molar-refractivity contribution >= 4 is 0 Å². The first-order chi connectivity index (χ1) is 8.81. The van der Waals surface area contributed by atoms with Crippen molar-refractivity contribution in [1.29, 1.82) is 0 Å². The molecule has 1 atom stereocenters. The summed E-state index contributed by atoms with van der Waals surface area (Å²) in [6.45, 7) is 6.23. The lowest BCUT2D eigenvalue weighted by Gasteiger charge is -2.17. The van der Waals surface area contributed by atoms with Crippen molar-refractivity contribution in [3.8, 4) is 11.5 Å². The smallest absolute Gasteiger partial charge is 0.161 e. The van der Waals surface area contributed by atoms with E-state index < -0.39 is 0 Å². The van der Waals surface area contributed by atoms with Gasteiger partial charge in [0.25, 0.3) is 0 Å². The number of hydrogen-bond acceptors (Lipinski definition) is 4. The zero-order valence-corrected chi connectivity index (χ0v) is 11.2. The molecular weight excluding hydrogens is 230 g/mol. The van der Waals surface area contributed by atoms with Gasteiger partial charge in [-0.2, -0.15) is 0 Å². The molecule has 0 fully saturated rings. The Morgan fingerprint density at radius 2 is 1.78 bits per heavy atom. The van der Waals surface area contributed by atoms with E-state index in [9.17, 15) is 0 Å². The maximum atomic E-state index is 5.71. The van der Waals surface area contributed by atoms with Gasteiger partial charge in [0.1, 0.15) is 12.7 Å². The molecule has 0 aliphatic rings. The highest BCUT2D eigenvalue weighted by Gasteiger charge is 2.09. The van der Waals surface area contributed by atoms with E-state index in [1.807, 2.05) is 31.2 Å². The van der Waals surface area contributed by atoms with Crippen LogP contribution in [0.5, 0.6) is 11.5 Å². The third kappa shape index (κ3) is 4.94. The van der Waals surface area contributed by atoms with Crippen molar-refractivity contribution in [3.63, 3.8) is 0 Å². The van der Waals surface area contributed by atoms with Crippen LogP contribution in [0.15, 0.2) is 24.3 Å². The molecule has 1 aromatic carbocycles. The lowest BCUT2D eigenvalue weighted by molar-refractivity contribution is 0.0328. The van der Waals surface area contributed by atoms with Crippen LogP contribution in [-0.4, -0.2) is 32.5 Å². The lowest BCUT2D eigenvalue weighted by atomic mass is 10.3. The Kier molecular flexibility index (Phi) is 7.22. The number of rotatable bonds is 9. The van der Waals surface area contributed by atoms with Crippen LogP contribution in [0, 0.1) is 0 Å². The maximum Gasteiger partial charge on any atom is 0.161 e. The summed E-state index contributed by atoms with van der Waals surface area (Å²) in [7, 11) is 0. The van der Waals surface area contributed by atoms with Crippen LogP contribution in [0.3, 0.4) is 0 Å². The average molecular weight is 253 g/mol. The molecule has 0 aromatic heterocycles. The minimum atomic E-state index is -0.0748. The third-order valence-corrected chi connectivity index (χ3v) is 2.40. The largest absolute Gasteiger partial charge is 0.490 e. The van der Waals surface area contributed by atoms with E-state index in [-0.39, 0.29) is 6.10 Å². The predicted molar refractivity (Wildman–Crippen MR) is 72.2 cm³/mol. The van der Waals surface area contributed by atoms with Gasteiger partial charge in [-0.15, -0.1) is 0 Å². The summed E-state index contributed by atoms with van der Waals surface area (Å²) in [6.07, 6.45) is 0.896. The molecule has 1 rings (SSSR count). The molecule has 18 heavy (non-hydrogen) atoms. The molecule has 0 aliphatic heterocycles. The van der Waals surface area contributed by atoms with Gasteiger partial charge in [-0.05, 0) is 25.5 Å². The molecule has 1 unspecified atom stereocenters. The van der Waals surface area contributed by atoms with Gasteiger partial charge >= 0.3 is 0 Å². The molecule has 4 heteroatoms. The van der Waals surface area contributed by atoms with E-state index in [2.05, 4.69) is 6.92 Å². The van der Waals surface area contributed by atoms with Crippen molar-refractivity contribution in [2.24, 2.45) is 5.73 Å². The molecule has 0 spiro atoms. The number of nitrogens with two attached hydrogens (primary N) is 1. The number of para-hydroxylation sites is 2. The van der Waals surface area contributed by atoms with Crippen molar-refractivity contribution in [1.82, 2.24) is 0 Å². The Balaban J connectivity index is 2.54. The van der Waals surface area contributed by atoms with Crippen LogP contribution in [0.25, 0.3) is 0 Å². The molecule has 0 bridgehead atoms. The molecule has 1 aromatic rings. The minimum absolute atomic E-state index is 0.0748. The molecule has 2 N–H and O–H groups in total. The Morgan fingerprint density at radius 1 is 1.11 bits per heavy atom. The third-order valence-electron chi connectivity index (χ3n) is 2.40. The monoisotopic (exact) mass is 253 g/mol. The second-order valence-electron chi connectivity index (χ2n) is 3.92. The number of hydrogen-bond donors (Lipinski definition) is 1. The zero-order chi connectivity index (χ0) is 13.2. The molecule has 0 heterocycles. The molecule has 0 amide bonds. The first-order valence-corrected chi connectivity index (χ1v) is 6.48. The fourth-order valence-corrected chi connectivity index (χ4v) is 1.50. The fraction of sp³-hybridized carbons (Fsp3) is 0.571. The van der Waals surface area contributed by atoms with Gasteiger partial charge in [-0.1, -0.05) is 19.1 Å². The van der Waals surface area contributed by atoms with Gasteiger partial charge in [0.15, 0.2) is 11.5 Å². The van der Waals surface area contributed by atoms with Gasteiger partial charge < -0.3 is 19.9 Å². The van der Waals surface area contributed by atoms with Crippen LogP contribution < -0.4 is 15.2 Å². The van der Waals surface area contributed by atoms with Crippen LogP contribution in [0.4, 0.5) is 0 Å². The maximum absolute atomic E-state index is 5.71. The predicted octanol–water partition coefficient (Wildman–Crippen LogP) is 2.22. The van der Waals surface area contributed by atoms with E-state index in [1.54, 1.807) is 0 Å². The molecular formula is C14H23NO3. The Labute approximate surface area is 109 Å². The SMILES string of the molecule is CCCOc1ccccc1OCC(CN)OCC. The summed E-state index contributed by atoms with van der Waals surface area (Å²) < 4.78 is 16.8. The zero-order valence-electron chi connectivity index (χ0n) is 11.2. The Hall–Kier alpha value is -1.26. The quantitative estimate of drug-likeness (QED) is 0.733. The fourth-order valence-electron chi connectivity index (χ4n) is 1.50. The van der Waals surface area contributed by atoms with Gasteiger partial charge in [-0.25, -0.2) is 0 Å². The van der Waals surface area contributed by atoms with E-state index in [4.69, 9.17) is 19.9 Å². The van der Waals surface area contributed by atoms with E-state index in [0.717, 1.165) is 17.9 Å². The summed E-state index contributed by atoms with van der Waals surface area (Å²) in [5.41, 5.74) is 5.60. The highest BCUT2D eigenvalue weighted by molar-refractivity contribution is 5.39. The Bertz CT molecular complexity index is 331. The molecule has 0 aliphatic carbocycles. The van der Waals surface area contributed by atoms with Gasteiger partial charge in [0.2, 0.25) is 0 Å². The van der Waals surface area contributed by atoms with Gasteiger partial charge in [0, 0.05) is 13.2 Å². The highest BCUT2D eigenvalue weighted by atomic mass is 16.5. The van der Waals surface area contributed by atoms with E-state index in [0.29, 0.717) is 26.4 Å². The standard InChI is InChI=1S/C14H23NO3/c1-3-9-17-13-7-5-6-8-14(13)18-11-12(10-15)16-4-2/h5-8,12H,3-4,9-11,15H2,1-2H3. The van der Waals surface area contributed by atoms with Crippen LogP contribution in [0.2, 0.25) is 0 Å². The summed E-state index contributed by atoms with van der Waals surface area (Å²) in [4.78, 5) is 0. The van der Waals surface area contributed by atoms with Gasteiger partial charge in [-0.3, -0.25) is 0 Å². The molecule has 102 valence electrons. The van der Waals surface area contributed by atoms with Crippen molar-refractivity contribution in [2.45, 2.75) is 26.4 Å². The topological polar surface area (TPSA) is 53.7 Å². The van der Waals surface area contributed by atoms with Crippen molar-refractivity contribution < 1.29 is 14.2 Å². The molecule has 4 nitrogen and oxygen atoms in total. The summed E-state index contributed by atoms with van der Waals surface area (Å²) in [5, 5.41) is 0. The van der Waals surface area contributed by atoms with E-state index >= 15 is 0 Å². The highest BCUT2D eigenvalue weighted by Crippen LogP contribution is 2.26. The van der Waals surface area contributed by atoms with Crippen LogP contribution >= 0.6 is 0 Å². The first kappa shape index (κ1) is 14.8. The second-order valence-corrected chi connectivity index (χ2v) is 3.92. The van der Waals surface area contributed by atoms with Gasteiger partial charge in [0.05, 0.1) is 6.61 Å². The average Bonchev–Trinajstić information content (AvgIpc) is 2.42. The molecule has 0 radical (unpaired) electrons. The number of benzene rings is 1. The van der Waals surface area contributed by atoms with Crippen LogP contribution in [-0.2, 0) is 4.74 Å². The lowest BCUT2D eigenvalue weighted by Crippen LogP contribution is -2.30. The van der Waals surface area contributed by atoms with E-state index in [1.165, 1.54) is 0 Å². The van der Waals surface area contributed by atoms with Crippen LogP contribution in [0.1, 0.15) is 20.3 Å². The normalized spacial score (nSPS) is 12.2. The first-order valence-electron chi connectivity index (χ1n) is 6.48. The second kappa shape index (κ2) is 8.78. The molecule has 0 saturated heterocycles. The van der Waals surface area contributed by atoms with Crippen molar-refractivity contribution in [3.05, 3.63) is 24.3 Å².